The summed E-state index contributed by atoms with van der Waals surface area (Å²) in [6, 6.07) is 4.26. The van der Waals surface area contributed by atoms with E-state index in [1.165, 1.54) is 25.0 Å². The standard InChI is InChI=1S/C22H28F2N4S/c1-2-29-21-25-11-18(12-26-21)14-28-9-7-22(16-28)6-3-8-27(15-22)13-17-4-5-19(23)20(24)10-17/h4-5,10-12H,2-3,6-9,13-16H2,1H3. The number of nitrogens with zero attached hydrogens (tertiary/aromatic N) is 4. The predicted octanol–water partition coefficient (Wildman–Crippen LogP) is 4.35. The number of halogens is 2. The molecule has 4 nitrogen and oxygen atoms in total. The molecule has 1 atom stereocenters. The summed E-state index contributed by atoms with van der Waals surface area (Å²) >= 11 is 1.66. The molecule has 2 saturated heterocycles. The van der Waals surface area contributed by atoms with Gasteiger partial charge in [0.25, 0.3) is 0 Å². The Balaban J connectivity index is 1.34. The highest BCUT2D eigenvalue weighted by atomic mass is 32.2. The molecule has 4 rings (SSSR count). The van der Waals surface area contributed by atoms with Crippen LogP contribution in [0.3, 0.4) is 0 Å². The third kappa shape index (κ3) is 5.13. The monoisotopic (exact) mass is 418 g/mol. The van der Waals surface area contributed by atoms with Crippen LogP contribution in [0.5, 0.6) is 0 Å². The molecule has 156 valence electrons. The molecule has 1 aromatic carbocycles. The lowest BCUT2D eigenvalue weighted by Crippen LogP contribution is -2.44. The Labute approximate surface area is 175 Å². The van der Waals surface area contributed by atoms with Crippen LogP contribution in [0.25, 0.3) is 0 Å². The van der Waals surface area contributed by atoms with Gasteiger partial charge >= 0.3 is 0 Å². The van der Waals surface area contributed by atoms with E-state index in [4.69, 9.17) is 0 Å². The number of benzene rings is 1. The maximum Gasteiger partial charge on any atom is 0.187 e. The highest BCUT2D eigenvalue weighted by molar-refractivity contribution is 7.99. The van der Waals surface area contributed by atoms with Crippen molar-refractivity contribution in [3.8, 4) is 0 Å². The molecule has 0 aliphatic carbocycles. The van der Waals surface area contributed by atoms with Crippen LogP contribution >= 0.6 is 11.8 Å². The lowest BCUT2D eigenvalue weighted by Gasteiger charge is -2.40. The molecule has 0 saturated carbocycles. The first-order valence-corrected chi connectivity index (χ1v) is 11.4. The molecule has 0 N–H and O–H groups in total. The summed E-state index contributed by atoms with van der Waals surface area (Å²) in [4.78, 5) is 13.8. The van der Waals surface area contributed by atoms with Crippen molar-refractivity contribution < 1.29 is 8.78 Å². The van der Waals surface area contributed by atoms with Crippen molar-refractivity contribution in [3.05, 3.63) is 53.4 Å². The van der Waals surface area contributed by atoms with Crippen molar-refractivity contribution in [1.29, 1.82) is 0 Å². The smallest absolute Gasteiger partial charge is 0.187 e. The number of likely N-dealkylation sites (tertiary alicyclic amines) is 2. The molecular weight excluding hydrogens is 390 g/mol. The molecule has 7 heteroatoms. The maximum absolute atomic E-state index is 13.5. The number of hydrogen-bond acceptors (Lipinski definition) is 5. The van der Waals surface area contributed by atoms with Gasteiger partial charge < -0.3 is 0 Å². The molecule has 1 aromatic heterocycles. The van der Waals surface area contributed by atoms with Crippen LogP contribution in [0, 0.1) is 17.0 Å². The molecule has 0 radical (unpaired) electrons. The van der Waals surface area contributed by atoms with Crippen molar-refractivity contribution in [2.45, 2.75) is 44.4 Å². The fraction of sp³-hybridized carbons (Fsp3) is 0.545. The average Bonchev–Trinajstić information content (AvgIpc) is 3.08. The highest BCUT2D eigenvalue weighted by Gasteiger charge is 2.41. The third-order valence-corrected chi connectivity index (χ3v) is 6.77. The van der Waals surface area contributed by atoms with Crippen molar-refractivity contribution in [1.82, 2.24) is 19.8 Å². The molecule has 1 spiro atoms. The predicted molar refractivity (Wildman–Crippen MR) is 112 cm³/mol. The van der Waals surface area contributed by atoms with Crippen LogP contribution < -0.4 is 0 Å². The number of thioether (sulfide) groups is 1. The van der Waals surface area contributed by atoms with Gasteiger partial charge in [0.1, 0.15) is 0 Å². The molecule has 0 bridgehead atoms. The van der Waals surface area contributed by atoms with Gasteiger partial charge in [-0.05, 0) is 61.2 Å². The zero-order chi connectivity index (χ0) is 20.3. The van der Waals surface area contributed by atoms with Crippen LogP contribution in [0.15, 0.2) is 35.7 Å². The number of aromatic nitrogens is 2. The molecule has 0 amide bonds. The summed E-state index contributed by atoms with van der Waals surface area (Å²) in [6.45, 7) is 7.88. The Morgan fingerprint density at radius 1 is 0.966 bits per heavy atom. The Bertz CT molecular complexity index is 832. The fourth-order valence-electron chi connectivity index (χ4n) is 4.72. The largest absolute Gasteiger partial charge is 0.298 e. The first-order chi connectivity index (χ1) is 14.0. The first kappa shape index (κ1) is 20.7. The minimum Gasteiger partial charge on any atom is -0.298 e. The van der Waals surface area contributed by atoms with Crippen LogP contribution in [0.1, 0.15) is 37.3 Å². The van der Waals surface area contributed by atoms with Crippen LogP contribution in [0.2, 0.25) is 0 Å². The van der Waals surface area contributed by atoms with Gasteiger partial charge in [0.05, 0.1) is 0 Å². The maximum atomic E-state index is 13.5. The van der Waals surface area contributed by atoms with E-state index in [1.807, 2.05) is 12.4 Å². The van der Waals surface area contributed by atoms with Gasteiger partial charge in [-0.15, -0.1) is 0 Å². The number of rotatable bonds is 6. The molecule has 2 aliphatic rings. The Hall–Kier alpha value is -1.57. The van der Waals surface area contributed by atoms with E-state index in [1.54, 1.807) is 17.8 Å². The minimum absolute atomic E-state index is 0.301. The Kier molecular flexibility index (Phi) is 6.47. The van der Waals surface area contributed by atoms with Crippen LogP contribution in [-0.4, -0.2) is 51.7 Å². The van der Waals surface area contributed by atoms with Gasteiger partial charge in [-0.3, -0.25) is 9.80 Å². The van der Waals surface area contributed by atoms with Crippen molar-refractivity contribution in [3.63, 3.8) is 0 Å². The summed E-state index contributed by atoms with van der Waals surface area (Å²) in [5.74, 6) is -0.554. The molecule has 29 heavy (non-hydrogen) atoms. The van der Waals surface area contributed by atoms with Crippen molar-refractivity contribution >= 4 is 11.8 Å². The second-order valence-corrected chi connectivity index (χ2v) is 9.56. The topological polar surface area (TPSA) is 32.3 Å². The van der Waals surface area contributed by atoms with Crippen molar-refractivity contribution in [2.24, 2.45) is 5.41 Å². The lowest BCUT2D eigenvalue weighted by molar-refractivity contribution is 0.0865. The number of piperidine rings is 1. The second kappa shape index (κ2) is 9.06. The van der Waals surface area contributed by atoms with Crippen LogP contribution in [-0.2, 0) is 13.1 Å². The normalized spacial score (nSPS) is 23.1. The van der Waals surface area contributed by atoms with E-state index < -0.39 is 11.6 Å². The minimum atomic E-state index is -0.777. The zero-order valence-electron chi connectivity index (χ0n) is 16.9. The summed E-state index contributed by atoms with van der Waals surface area (Å²) in [5.41, 5.74) is 2.31. The zero-order valence-corrected chi connectivity index (χ0v) is 17.7. The molecule has 2 fully saturated rings. The van der Waals surface area contributed by atoms with Crippen LogP contribution in [0.4, 0.5) is 8.78 Å². The first-order valence-electron chi connectivity index (χ1n) is 10.4. The fourth-order valence-corrected chi connectivity index (χ4v) is 5.24. The van der Waals surface area contributed by atoms with Gasteiger partial charge in [0.2, 0.25) is 0 Å². The second-order valence-electron chi connectivity index (χ2n) is 8.33. The molecule has 3 heterocycles. The van der Waals surface area contributed by atoms with Gasteiger partial charge in [0, 0.05) is 44.1 Å². The van der Waals surface area contributed by atoms with Gasteiger partial charge in [-0.25, -0.2) is 18.7 Å². The summed E-state index contributed by atoms with van der Waals surface area (Å²) in [6.07, 6.45) is 7.48. The van der Waals surface area contributed by atoms with E-state index in [0.717, 1.165) is 61.2 Å². The Morgan fingerprint density at radius 3 is 2.41 bits per heavy atom. The third-order valence-electron chi connectivity index (χ3n) is 6.01. The van der Waals surface area contributed by atoms with E-state index in [0.29, 0.717) is 12.0 Å². The molecule has 1 unspecified atom stereocenters. The van der Waals surface area contributed by atoms with E-state index >= 15 is 0 Å². The average molecular weight is 419 g/mol. The quantitative estimate of drug-likeness (QED) is 0.514. The SMILES string of the molecule is CCSc1ncc(CN2CCC3(CCCN(Cc4ccc(F)c(F)c4)C3)C2)cn1. The summed E-state index contributed by atoms with van der Waals surface area (Å²) in [7, 11) is 0. The lowest BCUT2D eigenvalue weighted by atomic mass is 9.79. The van der Waals surface area contributed by atoms with Gasteiger partial charge in [-0.2, -0.15) is 0 Å². The molecular formula is C22H28F2N4S. The molecule has 2 aromatic rings. The van der Waals surface area contributed by atoms with E-state index in [-0.39, 0.29) is 0 Å². The summed E-state index contributed by atoms with van der Waals surface area (Å²) < 4.78 is 26.7. The van der Waals surface area contributed by atoms with Gasteiger partial charge in [0.15, 0.2) is 16.8 Å². The van der Waals surface area contributed by atoms with Gasteiger partial charge in [-0.1, -0.05) is 24.8 Å². The Morgan fingerprint density at radius 2 is 1.69 bits per heavy atom. The highest BCUT2D eigenvalue weighted by Crippen LogP contribution is 2.39. The number of hydrogen-bond donors (Lipinski definition) is 0. The van der Waals surface area contributed by atoms with E-state index in [9.17, 15) is 8.78 Å². The summed E-state index contributed by atoms with van der Waals surface area (Å²) in [5, 5.41) is 0.842. The van der Waals surface area contributed by atoms with Crippen molar-refractivity contribution in [2.75, 3.05) is 31.9 Å². The van der Waals surface area contributed by atoms with E-state index in [2.05, 4.69) is 26.7 Å². The molecule has 2 aliphatic heterocycles.